The highest BCUT2D eigenvalue weighted by molar-refractivity contribution is 5.96. The van der Waals surface area contributed by atoms with Crippen molar-refractivity contribution in [3.05, 3.63) is 58.5 Å². The van der Waals surface area contributed by atoms with Crippen molar-refractivity contribution < 1.29 is 4.79 Å². The highest BCUT2D eigenvalue weighted by Gasteiger charge is 2.08. The van der Waals surface area contributed by atoms with E-state index in [0.29, 0.717) is 11.9 Å². The lowest BCUT2D eigenvalue weighted by Crippen LogP contribution is -2.26. The molecule has 0 unspecified atom stereocenters. The number of amides is 1. The molecular weight excluding hydrogens is 228 g/mol. The molecule has 2 aromatic rings. The van der Waals surface area contributed by atoms with Crippen molar-refractivity contribution in [2.45, 2.75) is 6.92 Å². The van der Waals surface area contributed by atoms with Crippen molar-refractivity contribution in [2.75, 3.05) is 6.54 Å². The zero-order valence-corrected chi connectivity index (χ0v) is 10.1. The number of aromatic amines is 1. The predicted octanol–water partition coefficient (Wildman–Crippen LogP) is 1.75. The van der Waals surface area contributed by atoms with Gasteiger partial charge < -0.3 is 10.3 Å². The summed E-state index contributed by atoms with van der Waals surface area (Å²) in [5.74, 6) is -0.311. The topological polar surface area (TPSA) is 62.0 Å². The van der Waals surface area contributed by atoms with Crippen LogP contribution in [0.5, 0.6) is 0 Å². The average molecular weight is 242 g/mol. The Balaban J connectivity index is 2.49. The van der Waals surface area contributed by atoms with E-state index in [9.17, 15) is 9.59 Å². The third kappa shape index (κ3) is 2.32. The number of aromatic nitrogens is 1. The molecule has 1 aromatic carbocycles. The number of hydrogen-bond donors (Lipinski definition) is 2. The van der Waals surface area contributed by atoms with Gasteiger partial charge in [-0.05, 0) is 24.4 Å². The number of H-pyrrole nitrogens is 1. The largest absolute Gasteiger partial charge is 0.347 e. The molecule has 2 N–H and O–H groups in total. The van der Waals surface area contributed by atoms with Crippen molar-refractivity contribution in [1.29, 1.82) is 0 Å². The van der Waals surface area contributed by atoms with Crippen LogP contribution in [0.4, 0.5) is 0 Å². The summed E-state index contributed by atoms with van der Waals surface area (Å²) >= 11 is 0. The predicted molar refractivity (Wildman–Crippen MR) is 71.8 cm³/mol. The number of rotatable bonds is 3. The van der Waals surface area contributed by atoms with Crippen LogP contribution >= 0.6 is 0 Å². The first-order valence-corrected chi connectivity index (χ1v) is 5.64. The van der Waals surface area contributed by atoms with Crippen molar-refractivity contribution in [3.8, 4) is 0 Å². The van der Waals surface area contributed by atoms with Gasteiger partial charge in [0, 0.05) is 11.9 Å². The highest BCUT2D eigenvalue weighted by Crippen LogP contribution is 2.12. The van der Waals surface area contributed by atoms with Crippen LogP contribution in [0.2, 0.25) is 0 Å². The van der Waals surface area contributed by atoms with Gasteiger partial charge in [-0.15, -0.1) is 6.58 Å². The smallest absolute Gasteiger partial charge is 0.268 e. The van der Waals surface area contributed by atoms with Crippen molar-refractivity contribution >= 4 is 16.7 Å². The number of pyridine rings is 1. The Kier molecular flexibility index (Phi) is 3.28. The lowest BCUT2D eigenvalue weighted by Gasteiger charge is -2.04. The van der Waals surface area contributed by atoms with Crippen LogP contribution in [0.15, 0.2) is 41.7 Å². The minimum absolute atomic E-state index is 0.250. The molecule has 18 heavy (non-hydrogen) atoms. The number of aryl methyl sites for hydroxylation is 1. The maximum Gasteiger partial charge on any atom is 0.268 e. The SMILES string of the molecule is C=CCNC(=O)c1cc2ccc(C)cc2c(=O)[nH]1. The molecule has 0 aliphatic heterocycles. The van der Waals surface area contributed by atoms with Crippen molar-refractivity contribution in [2.24, 2.45) is 0 Å². The quantitative estimate of drug-likeness (QED) is 0.805. The van der Waals surface area contributed by atoms with Gasteiger partial charge in [-0.25, -0.2) is 0 Å². The zero-order valence-electron chi connectivity index (χ0n) is 10.1. The van der Waals surface area contributed by atoms with Crippen LogP contribution in [-0.4, -0.2) is 17.4 Å². The minimum atomic E-state index is -0.311. The second-order valence-corrected chi connectivity index (χ2v) is 4.10. The molecule has 0 fully saturated rings. The average Bonchev–Trinajstić information content (AvgIpc) is 2.36. The fourth-order valence-electron chi connectivity index (χ4n) is 1.76. The van der Waals surface area contributed by atoms with Gasteiger partial charge in [0.15, 0.2) is 0 Å². The Morgan fingerprint density at radius 3 is 2.94 bits per heavy atom. The number of fused-ring (bicyclic) bond motifs is 1. The zero-order chi connectivity index (χ0) is 13.1. The van der Waals surface area contributed by atoms with Gasteiger partial charge in [0.25, 0.3) is 11.5 Å². The number of nitrogens with one attached hydrogen (secondary N) is 2. The maximum atomic E-state index is 11.9. The molecule has 92 valence electrons. The van der Waals surface area contributed by atoms with Gasteiger partial charge in [0.05, 0.1) is 0 Å². The highest BCUT2D eigenvalue weighted by atomic mass is 16.2. The van der Waals surface area contributed by atoms with Crippen LogP contribution < -0.4 is 10.9 Å². The Morgan fingerprint density at radius 2 is 2.22 bits per heavy atom. The summed E-state index contributed by atoms with van der Waals surface area (Å²) < 4.78 is 0. The number of carbonyl (C=O) groups is 1. The first-order valence-electron chi connectivity index (χ1n) is 5.64. The van der Waals surface area contributed by atoms with E-state index in [4.69, 9.17) is 0 Å². The van der Waals surface area contributed by atoms with Crippen molar-refractivity contribution in [1.82, 2.24) is 10.3 Å². The number of carbonyl (C=O) groups excluding carboxylic acids is 1. The van der Waals surface area contributed by atoms with E-state index < -0.39 is 0 Å². The molecule has 0 bridgehead atoms. The summed E-state index contributed by atoms with van der Waals surface area (Å²) in [5.41, 5.74) is 1.02. The molecule has 0 aliphatic carbocycles. The van der Waals surface area contributed by atoms with Crippen molar-refractivity contribution in [3.63, 3.8) is 0 Å². The van der Waals surface area contributed by atoms with Gasteiger partial charge in [0.2, 0.25) is 0 Å². The van der Waals surface area contributed by atoms with Gasteiger partial charge in [-0.1, -0.05) is 23.8 Å². The first kappa shape index (κ1) is 12.1. The molecule has 0 saturated heterocycles. The third-order valence-corrected chi connectivity index (χ3v) is 2.65. The van der Waals surface area contributed by atoms with E-state index in [2.05, 4.69) is 16.9 Å². The second-order valence-electron chi connectivity index (χ2n) is 4.10. The summed E-state index contributed by atoms with van der Waals surface area (Å²) in [7, 11) is 0. The molecule has 1 aromatic heterocycles. The Hall–Kier alpha value is -2.36. The third-order valence-electron chi connectivity index (χ3n) is 2.65. The van der Waals surface area contributed by atoms with E-state index in [0.717, 1.165) is 10.9 Å². The Labute approximate surface area is 104 Å². The summed E-state index contributed by atoms with van der Waals surface area (Å²) in [6, 6.07) is 7.23. The van der Waals surface area contributed by atoms with E-state index in [-0.39, 0.29) is 17.2 Å². The monoisotopic (exact) mass is 242 g/mol. The second kappa shape index (κ2) is 4.87. The first-order chi connectivity index (χ1) is 8.61. The lowest BCUT2D eigenvalue weighted by atomic mass is 10.1. The molecule has 0 aliphatic rings. The molecule has 4 nitrogen and oxygen atoms in total. The Bertz CT molecular complexity index is 671. The summed E-state index contributed by atoms with van der Waals surface area (Å²) in [4.78, 5) is 26.2. The molecule has 4 heteroatoms. The molecule has 1 heterocycles. The number of benzene rings is 1. The lowest BCUT2D eigenvalue weighted by molar-refractivity contribution is 0.0953. The fraction of sp³-hybridized carbons (Fsp3) is 0.143. The molecule has 1 amide bonds. The van der Waals surface area contributed by atoms with Gasteiger partial charge in [-0.2, -0.15) is 0 Å². The summed E-state index contributed by atoms with van der Waals surface area (Å²) in [6.07, 6.45) is 1.58. The van der Waals surface area contributed by atoms with Gasteiger partial charge in [0.1, 0.15) is 5.69 Å². The minimum Gasteiger partial charge on any atom is -0.347 e. The van der Waals surface area contributed by atoms with Crippen LogP contribution in [-0.2, 0) is 0 Å². The van der Waals surface area contributed by atoms with Crippen LogP contribution in [0.3, 0.4) is 0 Å². The molecular formula is C14H14N2O2. The maximum absolute atomic E-state index is 11.9. The van der Waals surface area contributed by atoms with E-state index in [1.54, 1.807) is 18.2 Å². The van der Waals surface area contributed by atoms with Gasteiger partial charge >= 0.3 is 0 Å². The fourth-order valence-corrected chi connectivity index (χ4v) is 1.76. The Morgan fingerprint density at radius 1 is 1.44 bits per heavy atom. The molecule has 0 saturated carbocycles. The molecule has 2 rings (SSSR count). The van der Waals surface area contributed by atoms with Crippen LogP contribution in [0.1, 0.15) is 16.1 Å². The van der Waals surface area contributed by atoms with E-state index in [1.165, 1.54) is 0 Å². The molecule has 0 radical (unpaired) electrons. The van der Waals surface area contributed by atoms with E-state index in [1.807, 2.05) is 19.1 Å². The molecule has 0 atom stereocenters. The molecule has 0 spiro atoms. The van der Waals surface area contributed by atoms with Crippen LogP contribution in [0, 0.1) is 6.92 Å². The number of hydrogen-bond acceptors (Lipinski definition) is 2. The van der Waals surface area contributed by atoms with E-state index >= 15 is 0 Å². The normalized spacial score (nSPS) is 10.3. The summed E-state index contributed by atoms with van der Waals surface area (Å²) in [5, 5.41) is 3.98. The van der Waals surface area contributed by atoms with Gasteiger partial charge in [-0.3, -0.25) is 9.59 Å². The summed E-state index contributed by atoms with van der Waals surface area (Å²) in [6.45, 7) is 5.80. The van der Waals surface area contributed by atoms with Crippen LogP contribution in [0.25, 0.3) is 10.8 Å². The standard InChI is InChI=1S/C14H14N2O2/c1-3-6-15-14(18)12-8-10-5-4-9(2)7-11(10)13(17)16-12/h3-5,7-8H,1,6H2,2H3,(H,15,18)(H,16,17).